The second kappa shape index (κ2) is 7.91. The molecule has 0 unspecified atom stereocenters. The largest absolute Gasteiger partial charge is 0.397 e. The number of fused-ring (bicyclic) bond motifs is 1. The summed E-state index contributed by atoms with van der Waals surface area (Å²) in [5.74, 6) is -0.822. The maximum absolute atomic E-state index is 13.1. The molecular formula is C19H21FN6O2. The first kappa shape index (κ1) is 18.3. The lowest BCUT2D eigenvalue weighted by molar-refractivity contribution is 0.0361. The van der Waals surface area contributed by atoms with Crippen molar-refractivity contribution in [2.45, 2.75) is 6.54 Å². The Morgan fingerprint density at radius 1 is 1.21 bits per heavy atom. The van der Waals surface area contributed by atoms with Crippen molar-refractivity contribution in [1.82, 2.24) is 19.7 Å². The van der Waals surface area contributed by atoms with Crippen molar-refractivity contribution in [3.8, 4) is 0 Å². The Bertz CT molecular complexity index is 999. The molecule has 2 aromatic heterocycles. The summed E-state index contributed by atoms with van der Waals surface area (Å²) in [6.45, 7) is 4.94. The van der Waals surface area contributed by atoms with Crippen LogP contribution in [0.25, 0.3) is 11.0 Å². The van der Waals surface area contributed by atoms with Crippen LogP contribution in [0.5, 0.6) is 0 Å². The van der Waals surface area contributed by atoms with Crippen molar-refractivity contribution in [2.24, 2.45) is 0 Å². The van der Waals surface area contributed by atoms with Gasteiger partial charge in [-0.05, 0) is 24.3 Å². The zero-order valence-corrected chi connectivity index (χ0v) is 15.3. The predicted molar refractivity (Wildman–Crippen MR) is 104 cm³/mol. The van der Waals surface area contributed by atoms with Crippen molar-refractivity contribution >= 4 is 28.3 Å². The molecule has 1 aromatic carbocycles. The van der Waals surface area contributed by atoms with E-state index in [1.807, 2.05) is 4.68 Å². The molecule has 9 heteroatoms. The molecule has 0 bridgehead atoms. The molecule has 1 saturated heterocycles. The quantitative estimate of drug-likeness (QED) is 0.650. The first-order valence-corrected chi connectivity index (χ1v) is 9.08. The maximum atomic E-state index is 13.1. The molecule has 146 valence electrons. The number of nitrogens with two attached hydrogens (primary N) is 1. The van der Waals surface area contributed by atoms with Crippen molar-refractivity contribution in [1.29, 1.82) is 0 Å². The fourth-order valence-electron chi connectivity index (χ4n) is 3.16. The number of amides is 1. The molecule has 3 aromatic rings. The van der Waals surface area contributed by atoms with Crippen LogP contribution in [-0.2, 0) is 11.3 Å². The summed E-state index contributed by atoms with van der Waals surface area (Å²) >= 11 is 0. The number of halogens is 1. The molecular weight excluding hydrogens is 363 g/mol. The van der Waals surface area contributed by atoms with Crippen molar-refractivity contribution in [3.05, 3.63) is 48.0 Å². The van der Waals surface area contributed by atoms with E-state index >= 15 is 0 Å². The molecule has 0 spiro atoms. The lowest BCUT2D eigenvalue weighted by Crippen LogP contribution is -2.38. The van der Waals surface area contributed by atoms with E-state index in [0.29, 0.717) is 17.8 Å². The monoisotopic (exact) mass is 384 g/mol. The highest BCUT2D eigenvalue weighted by Crippen LogP contribution is 2.21. The number of morpholine rings is 1. The smallest absolute Gasteiger partial charge is 0.257 e. The van der Waals surface area contributed by atoms with Crippen LogP contribution in [0.2, 0.25) is 0 Å². The van der Waals surface area contributed by atoms with Crippen molar-refractivity contribution in [2.75, 3.05) is 43.9 Å². The maximum Gasteiger partial charge on any atom is 0.257 e. The molecule has 1 aliphatic heterocycles. The van der Waals surface area contributed by atoms with E-state index in [4.69, 9.17) is 10.5 Å². The Balaban J connectivity index is 1.46. The summed E-state index contributed by atoms with van der Waals surface area (Å²) in [5.41, 5.74) is 7.37. The van der Waals surface area contributed by atoms with Crippen LogP contribution < -0.4 is 11.1 Å². The van der Waals surface area contributed by atoms with Crippen LogP contribution >= 0.6 is 0 Å². The van der Waals surface area contributed by atoms with Crippen LogP contribution in [0.15, 0.2) is 36.7 Å². The van der Waals surface area contributed by atoms with Crippen LogP contribution in [0.4, 0.5) is 15.8 Å². The molecule has 0 aliphatic carbocycles. The molecule has 0 atom stereocenters. The molecule has 0 radical (unpaired) electrons. The fourth-order valence-corrected chi connectivity index (χ4v) is 3.16. The number of anilines is 2. The van der Waals surface area contributed by atoms with Gasteiger partial charge in [-0.2, -0.15) is 5.10 Å². The third-order valence-corrected chi connectivity index (χ3v) is 4.73. The molecule has 1 aliphatic rings. The number of ether oxygens (including phenoxy) is 1. The van der Waals surface area contributed by atoms with Gasteiger partial charge in [0, 0.05) is 31.2 Å². The van der Waals surface area contributed by atoms with Crippen molar-refractivity contribution in [3.63, 3.8) is 0 Å². The van der Waals surface area contributed by atoms with E-state index in [9.17, 15) is 9.18 Å². The van der Waals surface area contributed by atoms with E-state index < -0.39 is 5.82 Å². The first-order valence-electron chi connectivity index (χ1n) is 9.08. The summed E-state index contributed by atoms with van der Waals surface area (Å²) in [7, 11) is 0. The van der Waals surface area contributed by atoms with Gasteiger partial charge in [0.1, 0.15) is 5.82 Å². The standard InChI is InChI=1S/C19H21FN6O2/c20-15-1-2-17(16(21)10-15)24-19(27)14-9-13-12-23-26(18(13)22-11-14)4-3-25-5-7-28-8-6-25/h1-2,9-12H,3-8,21H2,(H,24,27). The zero-order valence-electron chi connectivity index (χ0n) is 15.3. The van der Waals surface area contributed by atoms with E-state index in [-0.39, 0.29) is 11.6 Å². The number of rotatable bonds is 5. The number of nitrogens with zero attached hydrogens (tertiary/aromatic N) is 4. The number of aromatic nitrogens is 3. The Labute approximate surface area is 161 Å². The minimum atomic E-state index is -0.455. The van der Waals surface area contributed by atoms with Crippen molar-refractivity contribution < 1.29 is 13.9 Å². The number of benzene rings is 1. The summed E-state index contributed by atoms with van der Waals surface area (Å²) in [5, 5.41) is 7.85. The zero-order chi connectivity index (χ0) is 19.5. The van der Waals surface area contributed by atoms with Gasteiger partial charge < -0.3 is 15.8 Å². The molecule has 4 rings (SSSR count). The average molecular weight is 384 g/mol. The number of hydrogen-bond acceptors (Lipinski definition) is 6. The SMILES string of the molecule is Nc1cc(F)ccc1NC(=O)c1cnc2c(cnn2CCN2CCOCC2)c1. The van der Waals surface area contributed by atoms with E-state index in [0.717, 1.165) is 49.9 Å². The van der Waals surface area contributed by atoms with E-state index in [1.165, 1.54) is 18.3 Å². The average Bonchev–Trinajstić information content (AvgIpc) is 3.11. The lowest BCUT2D eigenvalue weighted by atomic mass is 10.2. The first-order chi connectivity index (χ1) is 13.6. The number of hydrogen-bond donors (Lipinski definition) is 2. The van der Waals surface area contributed by atoms with Crippen LogP contribution in [0.3, 0.4) is 0 Å². The minimum absolute atomic E-state index is 0.165. The third-order valence-electron chi connectivity index (χ3n) is 4.73. The number of nitrogen functional groups attached to an aromatic ring is 1. The molecule has 1 fully saturated rings. The second-order valence-corrected chi connectivity index (χ2v) is 6.64. The van der Waals surface area contributed by atoms with E-state index in [1.54, 1.807) is 12.3 Å². The predicted octanol–water partition coefficient (Wildman–Crippen LogP) is 1.74. The Morgan fingerprint density at radius 3 is 2.82 bits per heavy atom. The van der Waals surface area contributed by atoms with Gasteiger partial charge in [-0.1, -0.05) is 0 Å². The van der Waals surface area contributed by atoms with Crippen LogP contribution in [0, 0.1) is 5.82 Å². The van der Waals surface area contributed by atoms with Gasteiger partial charge in [-0.25, -0.2) is 14.1 Å². The summed E-state index contributed by atoms with van der Waals surface area (Å²) in [6.07, 6.45) is 3.20. The molecule has 0 saturated carbocycles. The molecule has 8 nitrogen and oxygen atoms in total. The molecule has 3 heterocycles. The summed E-state index contributed by atoms with van der Waals surface area (Å²) in [4.78, 5) is 19.2. The van der Waals surface area contributed by atoms with Gasteiger partial charge in [0.15, 0.2) is 5.65 Å². The van der Waals surface area contributed by atoms with Gasteiger partial charge in [-0.15, -0.1) is 0 Å². The highest BCUT2D eigenvalue weighted by Gasteiger charge is 2.14. The van der Waals surface area contributed by atoms with Crippen LogP contribution in [0.1, 0.15) is 10.4 Å². The van der Waals surface area contributed by atoms with Crippen LogP contribution in [-0.4, -0.2) is 58.4 Å². The van der Waals surface area contributed by atoms with Gasteiger partial charge in [0.25, 0.3) is 5.91 Å². The normalized spacial score (nSPS) is 15.0. The van der Waals surface area contributed by atoms with Gasteiger partial charge >= 0.3 is 0 Å². The van der Waals surface area contributed by atoms with Gasteiger partial charge in [-0.3, -0.25) is 9.69 Å². The lowest BCUT2D eigenvalue weighted by Gasteiger charge is -2.26. The Kier molecular flexibility index (Phi) is 5.18. The highest BCUT2D eigenvalue weighted by atomic mass is 19.1. The Hall–Kier alpha value is -3.04. The number of carbonyl (C=O) groups is 1. The topological polar surface area (TPSA) is 98.3 Å². The second-order valence-electron chi connectivity index (χ2n) is 6.64. The molecule has 1 amide bonds. The van der Waals surface area contributed by atoms with Gasteiger partial charge in [0.2, 0.25) is 0 Å². The number of carbonyl (C=O) groups excluding carboxylic acids is 1. The summed E-state index contributed by atoms with van der Waals surface area (Å²) in [6, 6.07) is 5.56. The minimum Gasteiger partial charge on any atom is -0.397 e. The molecule has 28 heavy (non-hydrogen) atoms. The highest BCUT2D eigenvalue weighted by molar-refractivity contribution is 6.06. The Morgan fingerprint density at radius 2 is 2.04 bits per heavy atom. The number of pyridine rings is 1. The fraction of sp³-hybridized carbons (Fsp3) is 0.316. The van der Waals surface area contributed by atoms with Gasteiger partial charge in [0.05, 0.1) is 42.9 Å². The summed E-state index contributed by atoms with van der Waals surface area (Å²) < 4.78 is 20.3. The number of nitrogens with one attached hydrogen (secondary N) is 1. The third kappa shape index (κ3) is 3.95. The molecule has 3 N–H and O–H groups in total. The van der Waals surface area contributed by atoms with E-state index in [2.05, 4.69) is 20.3 Å².